The number of ether oxygens (including phenoxy) is 1. The summed E-state index contributed by atoms with van der Waals surface area (Å²) < 4.78 is 6.43. The van der Waals surface area contributed by atoms with Crippen LogP contribution < -0.4 is 0 Å². The normalized spacial score (nSPS) is 46.0. The Hall–Kier alpha value is -0.600. The Bertz CT molecular complexity index is 448. The van der Waals surface area contributed by atoms with Crippen LogP contribution in [0, 0.1) is 23.7 Å². The molecule has 0 radical (unpaired) electrons. The molecule has 0 aromatic rings. The lowest BCUT2D eigenvalue weighted by molar-refractivity contribution is -0.0573. The van der Waals surface area contributed by atoms with Crippen molar-refractivity contribution in [1.82, 2.24) is 0 Å². The average Bonchev–Trinajstić information content (AvgIpc) is 2.80. The lowest BCUT2D eigenvalue weighted by Crippen LogP contribution is -2.40. The zero-order chi connectivity index (χ0) is 15.1. The van der Waals surface area contributed by atoms with Crippen molar-refractivity contribution in [3.8, 4) is 0 Å². The third-order valence-electron chi connectivity index (χ3n) is 5.97. The fraction of sp³-hybridized carbons (Fsp3) is 0.789. The van der Waals surface area contributed by atoms with Crippen LogP contribution >= 0.6 is 0 Å². The highest BCUT2D eigenvalue weighted by molar-refractivity contribution is 5.20. The third kappa shape index (κ3) is 2.73. The molecule has 2 nitrogen and oxygen atoms in total. The predicted octanol–water partition coefficient (Wildman–Crippen LogP) is 4.10. The predicted molar refractivity (Wildman–Crippen MR) is 86.0 cm³/mol. The van der Waals surface area contributed by atoms with Gasteiger partial charge in [0.05, 0.1) is 18.3 Å². The number of aliphatic hydroxyl groups is 1. The maximum Gasteiger partial charge on any atom is 0.0875 e. The van der Waals surface area contributed by atoms with Gasteiger partial charge in [0.1, 0.15) is 0 Å². The standard InChI is InChI=1S/C19H30O2/c1-11(2)14-9-8-13(4)17-16-10-12(3)6-5-7-15(20)19(21-16)18(14)17/h6,8,11,14-20H,5,7,9-10H2,1-4H3/b12-6+/t14-,15+,16-,17-,18-,19+/m1/s1. The van der Waals surface area contributed by atoms with Crippen molar-refractivity contribution >= 4 is 0 Å². The molecule has 0 spiro atoms. The Kier molecular flexibility index (Phi) is 4.29. The second kappa shape index (κ2) is 5.89. The molecule has 3 aliphatic rings. The van der Waals surface area contributed by atoms with E-state index in [2.05, 4.69) is 39.8 Å². The maximum atomic E-state index is 10.7. The van der Waals surface area contributed by atoms with Crippen LogP contribution in [0.15, 0.2) is 23.3 Å². The molecule has 3 rings (SSSR count). The van der Waals surface area contributed by atoms with Gasteiger partial charge in [0.25, 0.3) is 0 Å². The molecule has 2 bridgehead atoms. The van der Waals surface area contributed by atoms with Crippen LogP contribution in [0.2, 0.25) is 0 Å². The summed E-state index contributed by atoms with van der Waals surface area (Å²) in [6, 6.07) is 0. The molecule has 0 amide bonds. The fourth-order valence-corrected chi connectivity index (χ4v) is 4.86. The molecule has 0 saturated carbocycles. The Morgan fingerprint density at radius 1 is 1.24 bits per heavy atom. The van der Waals surface area contributed by atoms with Gasteiger partial charge in [-0.15, -0.1) is 0 Å². The zero-order valence-electron chi connectivity index (χ0n) is 13.9. The first kappa shape index (κ1) is 15.3. The molecular formula is C19H30O2. The number of aliphatic hydroxyl groups excluding tert-OH is 1. The van der Waals surface area contributed by atoms with E-state index in [1.807, 2.05) is 0 Å². The summed E-state index contributed by atoms with van der Waals surface area (Å²) in [5, 5.41) is 10.7. The second-order valence-corrected chi connectivity index (χ2v) is 7.73. The Morgan fingerprint density at radius 3 is 2.71 bits per heavy atom. The van der Waals surface area contributed by atoms with E-state index in [-0.39, 0.29) is 18.3 Å². The van der Waals surface area contributed by atoms with Crippen LogP contribution in [-0.4, -0.2) is 23.4 Å². The van der Waals surface area contributed by atoms with E-state index in [9.17, 15) is 5.11 Å². The third-order valence-corrected chi connectivity index (χ3v) is 5.97. The van der Waals surface area contributed by atoms with Crippen LogP contribution in [0.5, 0.6) is 0 Å². The molecule has 118 valence electrons. The summed E-state index contributed by atoms with van der Waals surface area (Å²) in [7, 11) is 0. The van der Waals surface area contributed by atoms with Crippen molar-refractivity contribution < 1.29 is 9.84 Å². The van der Waals surface area contributed by atoms with Gasteiger partial charge in [0.15, 0.2) is 0 Å². The van der Waals surface area contributed by atoms with Crippen LogP contribution in [0.4, 0.5) is 0 Å². The molecule has 1 fully saturated rings. The van der Waals surface area contributed by atoms with E-state index in [1.165, 1.54) is 11.1 Å². The van der Waals surface area contributed by atoms with Gasteiger partial charge in [-0.3, -0.25) is 0 Å². The lowest BCUT2D eigenvalue weighted by atomic mass is 9.64. The van der Waals surface area contributed by atoms with E-state index in [0.717, 1.165) is 25.7 Å². The summed E-state index contributed by atoms with van der Waals surface area (Å²) in [5.41, 5.74) is 2.91. The molecule has 2 heterocycles. The van der Waals surface area contributed by atoms with E-state index in [1.54, 1.807) is 0 Å². The first-order chi connectivity index (χ1) is 9.99. The van der Waals surface area contributed by atoms with E-state index < -0.39 is 0 Å². The SMILES string of the molecule is CC1=CC[C@H](C(C)C)[C@H]2[C@H]3O[C@H](C/C(C)=C/CC[C@@H]3O)[C@@H]12. The van der Waals surface area contributed by atoms with Crippen molar-refractivity contribution in [2.45, 2.75) is 71.7 Å². The van der Waals surface area contributed by atoms with Gasteiger partial charge in [-0.1, -0.05) is 37.1 Å². The molecule has 21 heavy (non-hydrogen) atoms. The number of fused-ring (bicyclic) bond motifs is 5. The molecule has 1 saturated heterocycles. The lowest BCUT2D eigenvalue weighted by Gasteiger charge is -2.39. The smallest absolute Gasteiger partial charge is 0.0875 e. The summed E-state index contributed by atoms with van der Waals surface area (Å²) >= 11 is 0. The second-order valence-electron chi connectivity index (χ2n) is 7.73. The van der Waals surface area contributed by atoms with Gasteiger partial charge in [-0.25, -0.2) is 0 Å². The number of rotatable bonds is 1. The topological polar surface area (TPSA) is 29.5 Å². The summed E-state index contributed by atoms with van der Waals surface area (Å²) in [6.07, 6.45) is 8.73. The van der Waals surface area contributed by atoms with Gasteiger partial charge >= 0.3 is 0 Å². The molecular weight excluding hydrogens is 260 g/mol. The molecule has 0 aromatic carbocycles. The van der Waals surface area contributed by atoms with Gasteiger partial charge < -0.3 is 9.84 Å². The van der Waals surface area contributed by atoms with Gasteiger partial charge in [0.2, 0.25) is 0 Å². The minimum absolute atomic E-state index is 0.0374. The number of hydrogen-bond donors (Lipinski definition) is 1. The Labute approximate surface area is 129 Å². The number of hydrogen-bond acceptors (Lipinski definition) is 2. The largest absolute Gasteiger partial charge is 0.390 e. The highest BCUT2D eigenvalue weighted by Gasteiger charge is 2.52. The van der Waals surface area contributed by atoms with Crippen LogP contribution in [0.1, 0.15) is 53.4 Å². The molecule has 2 heteroatoms. The van der Waals surface area contributed by atoms with Crippen molar-refractivity contribution in [1.29, 1.82) is 0 Å². The minimum atomic E-state index is -0.309. The van der Waals surface area contributed by atoms with Crippen LogP contribution in [0.25, 0.3) is 0 Å². The van der Waals surface area contributed by atoms with Gasteiger partial charge in [0, 0.05) is 11.8 Å². The van der Waals surface area contributed by atoms with Crippen molar-refractivity contribution in [3.63, 3.8) is 0 Å². The summed E-state index contributed by atoms with van der Waals surface area (Å²) in [6.45, 7) is 9.13. The quantitative estimate of drug-likeness (QED) is 0.737. The van der Waals surface area contributed by atoms with Crippen LogP contribution in [-0.2, 0) is 4.74 Å². The monoisotopic (exact) mass is 290 g/mol. The first-order valence-electron chi connectivity index (χ1n) is 8.65. The Balaban J connectivity index is 1.98. The highest BCUT2D eigenvalue weighted by Crippen LogP contribution is 2.51. The molecule has 1 aliphatic carbocycles. The van der Waals surface area contributed by atoms with E-state index >= 15 is 0 Å². The first-order valence-corrected chi connectivity index (χ1v) is 8.65. The Morgan fingerprint density at radius 2 is 2.00 bits per heavy atom. The van der Waals surface area contributed by atoms with E-state index in [4.69, 9.17) is 4.74 Å². The average molecular weight is 290 g/mol. The summed E-state index contributed by atoms with van der Waals surface area (Å²) in [4.78, 5) is 0. The van der Waals surface area contributed by atoms with Gasteiger partial charge in [-0.05, 0) is 51.4 Å². The fourth-order valence-electron chi connectivity index (χ4n) is 4.86. The summed E-state index contributed by atoms with van der Waals surface area (Å²) in [5.74, 6) is 2.30. The van der Waals surface area contributed by atoms with Crippen molar-refractivity contribution in [3.05, 3.63) is 23.3 Å². The zero-order valence-corrected chi connectivity index (χ0v) is 13.9. The molecule has 1 N–H and O–H groups in total. The molecule has 2 aliphatic heterocycles. The van der Waals surface area contributed by atoms with Crippen molar-refractivity contribution in [2.24, 2.45) is 23.7 Å². The molecule has 0 aromatic heterocycles. The highest BCUT2D eigenvalue weighted by atomic mass is 16.5. The van der Waals surface area contributed by atoms with Crippen LogP contribution in [0.3, 0.4) is 0 Å². The molecule has 0 unspecified atom stereocenters. The molecule has 6 atom stereocenters. The minimum Gasteiger partial charge on any atom is -0.390 e. The van der Waals surface area contributed by atoms with Crippen molar-refractivity contribution in [2.75, 3.05) is 0 Å². The maximum absolute atomic E-state index is 10.7. The van der Waals surface area contributed by atoms with E-state index in [0.29, 0.717) is 23.7 Å². The number of allylic oxidation sites excluding steroid dienone is 2. The van der Waals surface area contributed by atoms with Gasteiger partial charge in [-0.2, -0.15) is 0 Å².